The van der Waals surface area contributed by atoms with E-state index in [-0.39, 0.29) is 6.07 Å². The van der Waals surface area contributed by atoms with Crippen molar-refractivity contribution in [2.45, 2.75) is 48.3 Å². The second-order valence-corrected chi connectivity index (χ2v) is 9.62. The number of hydrogen-bond acceptors (Lipinski definition) is 7. The Morgan fingerprint density at radius 3 is 2.24 bits per heavy atom. The Bertz CT molecular complexity index is 1070. The van der Waals surface area contributed by atoms with Gasteiger partial charge < -0.3 is 14.4 Å². The summed E-state index contributed by atoms with van der Waals surface area (Å²) in [4.78, 5) is 35.2. The van der Waals surface area contributed by atoms with Gasteiger partial charge in [-0.3, -0.25) is 9.59 Å². The third-order valence-electron chi connectivity index (χ3n) is 4.86. The van der Waals surface area contributed by atoms with Crippen LogP contribution in [0.1, 0.15) is 25.3 Å². The topological polar surface area (TPSA) is 107 Å². The van der Waals surface area contributed by atoms with Gasteiger partial charge in [0.2, 0.25) is 5.91 Å². The van der Waals surface area contributed by atoms with Crippen molar-refractivity contribution in [3.8, 4) is 5.75 Å². The Balaban J connectivity index is 2.46. The lowest BCUT2D eigenvalue weighted by atomic mass is 10.2. The molecule has 0 saturated carbocycles. The van der Waals surface area contributed by atoms with Crippen LogP contribution in [0.25, 0.3) is 0 Å². The van der Waals surface area contributed by atoms with E-state index in [1.807, 2.05) is 0 Å². The van der Waals surface area contributed by atoms with Crippen LogP contribution in [0, 0.1) is 0 Å². The fourth-order valence-electron chi connectivity index (χ4n) is 3.39. The van der Waals surface area contributed by atoms with Crippen molar-refractivity contribution in [1.29, 1.82) is 0 Å². The maximum Gasteiger partial charge on any atom is 0.422 e. The van der Waals surface area contributed by atoms with Gasteiger partial charge in [0.05, 0.1) is 29.2 Å². The molecule has 0 N–H and O–H groups in total. The van der Waals surface area contributed by atoms with E-state index in [0.29, 0.717) is 12.1 Å². The highest BCUT2D eigenvalue weighted by molar-refractivity contribution is 7.92. The van der Waals surface area contributed by atoms with Crippen molar-refractivity contribution in [2.24, 2.45) is 0 Å². The number of esters is 1. The Hall–Kier alpha value is -2.84. The van der Waals surface area contributed by atoms with Crippen LogP contribution in [-0.4, -0.2) is 68.7 Å². The average Bonchev–Trinajstić information content (AvgIpc) is 3.16. The summed E-state index contributed by atoms with van der Waals surface area (Å²) in [6.45, 7) is -1.52. The van der Waals surface area contributed by atoms with Crippen molar-refractivity contribution < 1.29 is 58.6 Å². The summed E-state index contributed by atoms with van der Waals surface area (Å²) in [7, 11) is -3.91. The standard InChI is InChI=1S/C19H19F6NO7S/c1-10(27)5-16(28)26-8-12(7-14(26)17(29)32-2)34(30,31)15-4-3-11(33-9-18(20,21)22)6-13(15)19(23,24)25/h3-4,6,12,14H,5,7-9H2,1-2H3/t12-,14?/m1/s1. The van der Waals surface area contributed by atoms with E-state index >= 15 is 0 Å². The van der Waals surface area contributed by atoms with Gasteiger partial charge in [-0.05, 0) is 31.5 Å². The van der Waals surface area contributed by atoms with Crippen LogP contribution < -0.4 is 4.74 Å². The second-order valence-electron chi connectivity index (χ2n) is 7.43. The number of sulfone groups is 1. The van der Waals surface area contributed by atoms with Crippen molar-refractivity contribution >= 4 is 27.5 Å². The molecule has 15 heteroatoms. The molecule has 0 spiro atoms. The zero-order chi connectivity index (χ0) is 26.1. The molecule has 1 aliphatic heterocycles. The van der Waals surface area contributed by atoms with E-state index < -0.39 is 93.3 Å². The number of carbonyl (C=O) groups excluding carboxylic acids is 3. The summed E-state index contributed by atoms with van der Waals surface area (Å²) in [6, 6.07) is -0.235. The number of ether oxygens (including phenoxy) is 2. The molecule has 1 aromatic carbocycles. The fourth-order valence-corrected chi connectivity index (χ4v) is 5.28. The molecular formula is C19H19F6NO7S. The average molecular weight is 519 g/mol. The van der Waals surface area contributed by atoms with E-state index in [2.05, 4.69) is 9.47 Å². The lowest BCUT2D eigenvalue weighted by molar-refractivity contribution is -0.153. The molecule has 1 aliphatic rings. The van der Waals surface area contributed by atoms with Gasteiger partial charge in [0.15, 0.2) is 16.4 Å². The zero-order valence-corrected chi connectivity index (χ0v) is 18.5. The molecule has 0 aliphatic carbocycles. The SMILES string of the molecule is COC(=O)C1C[C@@H](S(=O)(=O)c2ccc(OCC(F)(F)F)cc2C(F)(F)F)CN1C(=O)CC(C)=O. The number of methoxy groups -OCH3 is 1. The summed E-state index contributed by atoms with van der Waals surface area (Å²) in [6.07, 6.45) is -11.4. The molecule has 190 valence electrons. The van der Waals surface area contributed by atoms with Crippen LogP contribution in [0.4, 0.5) is 26.3 Å². The predicted molar refractivity (Wildman–Crippen MR) is 101 cm³/mol. The number of nitrogens with zero attached hydrogens (tertiary/aromatic N) is 1. The van der Waals surface area contributed by atoms with Crippen LogP contribution in [-0.2, 0) is 35.1 Å². The highest BCUT2D eigenvalue weighted by Gasteiger charge is 2.48. The molecule has 1 fully saturated rings. The van der Waals surface area contributed by atoms with Crippen LogP contribution in [0.15, 0.2) is 23.1 Å². The molecular weight excluding hydrogens is 500 g/mol. The highest BCUT2D eigenvalue weighted by atomic mass is 32.2. The fraction of sp³-hybridized carbons (Fsp3) is 0.526. The number of likely N-dealkylation sites (tertiary alicyclic amines) is 1. The third-order valence-corrected chi connectivity index (χ3v) is 7.05. The highest BCUT2D eigenvalue weighted by Crippen LogP contribution is 2.40. The second kappa shape index (κ2) is 9.80. The number of rotatable bonds is 7. The maximum atomic E-state index is 13.6. The van der Waals surface area contributed by atoms with Crippen molar-refractivity contribution in [2.75, 3.05) is 20.3 Å². The molecule has 34 heavy (non-hydrogen) atoms. The number of halogens is 6. The zero-order valence-electron chi connectivity index (χ0n) is 17.7. The van der Waals surface area contributed by atoms with Gasteiger partial charge in [0, 0.05) is 6.54 Å². The van der Waals surface area contributed by atoms with Crippen LogP contribution in [0.2, 0.25) is 0 Å². The Morgan fingerprint density at radius 2 is 1.74 bits per heavy atom. The van der Waals surface area contributed by atoms with E-state index in [1.165, 1.54) is 0 Å². The van der Waals surface area contributed by atoms with E-state index in [9.17, 15) is 49.1 Å². The summed E-state index contributed by atoms with van der Waals surface area (Å²) < 4.78 is 113. The van der Waals surface area contributed by atoms with Gasteiger partial charge in [0.25, 0.3) is 0 Å². The Morgan fingerprint density at radius 1 is 1.12 bits per heavy atom. The first kappa shape index (κ1) is 27.4. The summed E-state index contributed by atoms with van der Waals surface area (Å²) in [5, 5.41) is -1.68. The number of Topliss-reactive ketones (excluding diaryl/α,β-unsaturated/α-hetero) is 1. The largest absolute Gasteiger partial charge is 0.484 e. The lowest BCUT2D eigenvalue weighted by Gasteiger charge is -2.22. The van der Waals surface area contributed by atoms with Crippen molar-refractivity contribution in [3.05, 3.63) is 23.8 Å². The van der Waals surface area contributed by atoms with Gasteiger partial charge in [0.1, 0.15) is 17.6 Å². The molecule has 1 heterocycles. The van der Waals surface area contributed by atoms with E-state index in [0.717, 1.165) is 18.9 Å². The smallest absolute Gasteiger partial charge is 0.422 e. The molecule has 1 unspecified atom stereocenters. The van der Waals surface area contributed by atoms with Crippen molar-refractivity contribution in [3.63, 3.8) is 0 Å². The maximum absolute atomic E-state index is 13.6. The monoisotopic (exact) mass is 519 g/mol. The Kier molecular flexibility index (Phi) is 7.90. The number of benzene rings is 1. The first-order valence-electron chi connectivity index (χ1n) is 9.48. The van der Waals surface area contributed by atoms with E-state index in [1.54, 1.807) is 0 Å². The molecule has 0 radical (unpaired) electrons. The van der Waals surface area contributed by atoms with Gasteiger partial charge in [-0.1, -0.05) is 0 Å². The van der Waals surface area contributed by atoms with Gasteiger partial charge >= 0.3 is 18.3 Å². The number of alkyl halides is 6. The molecule has 1 amide bonds. The molecule has 8 nitrogen and oxygen atoms in total. The molecule has 2 atom stereocenters. The van der Waals surface area contributed by atoms with Crippen LogP contribution in [0.5, 0.6) is 5.75 Å². The summed E-state index contributed by atoms with van der Waals surface area (Å²) >= 11 is 0. The van der Waals surface area contributed by atoms with Crippen molar-refractivity contribution in [1.82, 2.24) is 4.90 Å². The van der Waals surface area contributed by atoms with E-state index in [4.69, 9.17) is 0 Å². The minimum absolute atomic E-state index is 0.129. The van der Waals surface area contributed by atoms with Crippen LogP contribution in [0.3, 0.4) is 0 Å². The molecule has 2 rings (SSSR count). The first-order chi connectivity index (χ1) is 15.5. The number of amides is 1. The molecule has 0 bridgehead atoms. The summed E-state index contributed by atoms with van der Waals surface area (Å²) in [5.74, 6) is -3.39. The minimum Gasteiger partial charge on any atom is -0.484 e. The lowest BCUT2D eigenvalue weighted by Crippen LogP contribution is -2.41. The Labute approximate surface area is 189 Å². The first-order valence-corrected chi connectivity index (χ1v) is 11.0. The third kappa shape index (κ3) is 6.39. The molecule has 1 aromatic rings. The molecule has 1 saturated heterocycles. The number of carbonyl (C=O) groups is 3. The minimum atomic E-state index is -5.29. The summed E-state index contributed by atoms with van der Waals surface area (Å²) in [5.41, 5.74) is -1.77. The normalized spacial score (nSPS) is 19.1. The van der Waals surface area contributed by atoms with Gasteiger partial charge in [-0.15, -0.1) is 0 Å². The van der Waals surface area contributed by atoms with Gasteiger partial charge in [-0.2, -0.15) is 26.3 Å². The number of ketones is 1. The quantitative estimate of drug-likeness (QED) is 0.310. The predicted octanol–water partition coefficient (Wildman–Crippen LogP) is 2.54. The van der Waals surface area contributed by atoms with Gasteiger partial charge in [-0.25, -0.2) is 13.2 Å². The van der Waals surface area contributed by atoms with Crippen LogP contribution >= 0.6 is 0 Å². The number of hydrogen-bond donors (Lipinski definition) is 0. The molecule has 0 aromatic heterocycles.